The van der Waals surface area contributed by atoms with Crippen molar-refractivity contribution in [3.8, 4) is 0 Å². The molecule has 1 rings (SSSR count). The van der Waals surface area contributed by atoms with E-state index < -0.39 is 0 Å². The first-order valence-electron chi connectivity index (χ1n) is 4.63. The molecule has 0 atom stereocenters. The van der Waals surface area contributed by atoms with Gasteiger partial charge in [0.05, 0.1) is 5.69 Å². The molecule has 0 aliphatic rings. The molecule has 0 aromatic heterocycles. The van der Waals surface area contributed by atoms with Gasteiger partial charge in [-0.25, -0.2) is 0 Å². The molecule has 0 heterocycles. The number of para-hydroxylation sites is 1. The first-order valence-corrected chi connectivity index (χ1v) is 4.63. The number of benzene rings is 1. The Morgan fingerprint density at radius 1 is 1.17 bits per heavy atom. The Kier molecular flexibility index (Phi) is 3.65. The van der Waals surface area contributed by atoms with Gasteiger partial charge in [-0.05, 0) is 25.0 Å². The molecule has 0 spiro atoms. The lowest BCUT2D eigenvalue weighted by Gasteiger charge is -2.06. The number of hydrogen-bond donors (Lipinski definition) is 0. The summed E-state index contributed by atoms with van der Waals surface area (Å²) in [6.45, 7) is 5.15. The molecule has 1 heteroatoms. The van der Waals surface area contributed by atoms with Crippen molar-refractivity contribution in [1.29, 1.82) is 0 Å². The third kappa shape index (κ3) is 2.26. The van der Waals surface area contributed by atoms with E-state index in [0.717, 1.165) is 13.0 Å². The molecule has 1 nitrogen and oxygen atoms in total. The summed E-state index contributed by atoms with van der Waals surface area (Å²) in [5.41, 5.74) is 2.55. The van der Waals surface area contributed by atoms with Crippen LogP contribution in [0.5, 0.6) is 0 Å². The van der Waals surface area contributed by atoms with Crippen LogP contribution in [0, 0.1) is 0 Å². The van der Waals surface area contributed by atoms with Crippen LogP contribution in [0.2, 0.25) is 0 Å². The van der Waals surface area contributed by atoms with Gasteiger partial charge in [-0.1, -0.05) is 31.5 Å². The van der Waals surface area contributed by atoms with E-state index in [0.29, 0.717) is 0 Å². The van der Waals surface area contributed by atoms with Crippen LogP contribution in [0.25, 0.3) is 0 Å². The standard InChI is InChI=1S/C11H16N/c1-3-7-10-8-5-6-9-11(10)12-4-2/h5-6,8-9H,3-4,7H2,1-2H3. The maximum atomic E-state index is 4.43. The fourth-order valence-corrected chi connectivity index (χ4v) is 1.32. The minimum Gasteiger partial charge on any atom is -0.285 e. The second-order valence-corrected chi connectivity index (χ2v) is 2.85. The molecular weight excluding hydrogens is 146 g/mol. The summed E-state index contributed by atoms with van der Waals surface area (Å²) in [6.07, 6.45) is 2.33. The van der Waals surface area contributed by atoms with Gasteiger partial charge in [-0.3, -0.25) is 5.32 Å². The zero-order valence-corrected chi connectivity index (χ0v) is 7.88. The van der Waals surface area contributed by atoms with E-state index in [2.05, 4.69) is 37.4 Å². The lowest BCUT2D eigenvalue weighted by Crippen LogP contribution is -1.98. The van der Waals surface area contributed by atoms with Crippen molar-refractivity contribution in [1.82, 2.24) is 5.32 Å². The number of nitrogens with zero attached hydrogens (tertiary/aromatic N) is 1. The minimum absolute atomic E-state index is 0.876. The fraction of sp³-hybridized carbons (Fsp3) is 0.455. The summed E-state index contributed by atoms with van der Waals surface area (Å²) in [5.74, 6) is 0. The Balaban J connectivity index is 2.77. The smallest absolute Gasteiger partial charge is 0.0606 e. The maximum Gasteiger partial charge on any atom is 0.0606 e. The van der Waals surface area contributed by atoms with Gasteiger partial charge in [-0.2, -0.15) is 0 Å². The molecule has 0 unspecified atom stereocenters. The quantitative estimate of drug-likeness (QED) is 0.646. The first-order chi connectivity index (χ1) is 5.88. The Bertz CT molecular complexity index is 205. The predicted molar refractivity (Wildman–Crippen MR) is 52.8 cm³/mol. The van der Waals surface area contributed by atoms with Gasteiger partial charge in [0, 0.05) is 6.54 Å². The van der Waals surface area contributed by atoms with Crippen LogP contribution >= 0.6 is 0 Å². The fourth-order valence-electron chi connectivity index (χ4n) is 1.32. The van der Waals surface area contributed by atoms with Crippen LogP contribution < -0.4 is 5.32 Å². The average molecular weight is 162 g/mol. The largest absolute Gasteiger partial charge is 0.285 e. The Morgan fingerprint density at radius 3 is 2.58 bits per heavy atom. The van der Waals surface area contributed by atoms with Crippen molar-refractivity contribution < 1.29 is 0 Å². The average Bonchev–Trinajstić information content (AvgIpc) is 2.09. The van der Waals surface area contributed by atoms with Gasteiger partial charge in [0.2, 0.25) is 0 Å². The van der Waals surface area contributed by atoms with Crippen LogP contribution in [-0.4, -0.2) is 6.54 Å². The highest BCUT2D eigenvalue weighted by Gasteiger charge is 1.98. The molecule has 0 fully saturated rings. The maximum absolute atomic E-state index is 4.43. The zero-order chi connectivity index (χ0) is 8.81. The molecule has 1 aromatic carbocycles. The molecule has 0 N–H and O–H groups in total. The van der Waals surface area contributed by atoms with Crippen LogP contribution in [0.4, 0.5) is 5.69 Å². The first kappa shape index (κ1) is 9.11. The molecule has 65 valence electrons. The van der Waals surface area contributed by atoms with Gasteiger partial charge >= 0.3 is 0 Å². The van der Waals surface area contributed by atoms with Crippen LogP contribution in [0.3, 0.4) is 0 Å². The van der Waals surface area contributed by atoms with E-state index in [4.69, 9.17) is 0 Å². The molecule has 1 radical (unpaired) electrons. The highest BCUT2D eigenvalue weighted by Crippen LogP contribution is 2.16. The second kappa shape index (κ2) is 4.81. The summed E-state index contributed by atoms with van der Waals surface area (Å²) < 4.78 is 0. The van der Waals surface area contributed by atoms with Crippen LogP contribution in [0.15, 0.2) is 24.3 Å². The second-order valence-electron chi connectivity index (χ2n) is 2.85. The lowest BCUT2D eigenvalue weighted by atomic mass is 10.1. The van der Waals surface area contributed by atoms with Crippen molar-refractivity contribution in [3.63, 3.8) is 0 Å². The summed E-state index contributed by atoms with van der Waals surface area (Å²) in [5, 5.41) is 4.43. The molecule has 0 amide bonds. The Hall–Kier alpha value is -0.980. The van der Waals surface area contributed by atoms with Crippen LogP contribution in [-0.2, 0) is 6.42 Å². The summed E-state index contributed by atoms with van der Waals surface area (Å²) >= 11 is 0. The molecule has 0 saturated heterocycles. The lowest BCUT2D eigenvalue weighted by molar-refractivity contribution is 0.864. The van der Waals surface area contributed by atoms with Crippen molar-refractivity contribution in [3.05, 3.63) is 29.8 Å². The van der Waals surface area contributed by atoms with Crippen LogP contribution in [0.1, 0.15) is 25.8 Å². The monoisotopic (exact) mass is 162 g/mol. The number of rotatable bonds is 4. The molecule has 0 saturated carbocycles. The summed E-state index contributed by atoms with van der Waals surface area (Å²) in [6, 6.07) is 8.39. The SMILES string of the molecule is CCCc1ccccc1[N]CC. The van der Waals surface area contributed by atoms with Gasteiger partial charge in [0.1, 0.15) is 0 Å². The van der Waals surface area contributed by atoms with E-state index in [1.807, 2.05) is 6.07 Å². The highest BCUT2D eigenvalue weighted by molar-refractivity contribution is 5.44. The molecule has 0 aliphatic heterocycles. The van der Waals surface area contributed by atoms with Gasteiger partial charge in [-0.15, -0.1) is 0 Å². The predicted octanol–water partition coefficient (Wildman–Crippen LogP) is 2.89. The molecule has 0 bridgehead atoms. The topological polar surface area (TPSA) is 14.1 Å². The molecular formula is C11H16N. The van der Waals surface area contributed by atoms with Crippen molar-refractivity contribution in [2.75, 3.05) is 6.54 Å². The van der Waals surface area contributed by atoms with E-state index >= 15 is 0 Å². The third-order valence-corrected chi connectivity index (χ3v) is 1.84. The highest BCUT2D eigenvalue weighted by atomic mass is 14.9. The van der Waals surface area contributed by atoms with E-state index in [-0.39, 0.29) is 0 Å². The van der Waals surface area contributed by atoms with Crippen molar-refractivity contribution in [2.45, 2.75) is 26.7 Å². The Morgan fingerprint density at radius 2 is 1.92 bits per heavy atom. The van der Waals surface area contributed by atoms with Gasteiger partial charge < -0.3 is 0 Å². The van der Waals surface area contributed by atoms with E-state index in [1.165, 1.54) is 17.7 Å². The zero-order valence-electron chi connectivity index (χ0n) is 7.88. The van der Waals surface area contributed by atoms with E-state index in [1.54, 1.807) is 0 Å². The number of aryl methyl sites for hydroxylation is 1. The summed E-state index contributed by atoms with van der Waals surface area (Å²) in [7, 11) is 0. The third-order valence-electron chi connectivity index (χ3n) is 1.84. The minimum atomic E-state index is 0.876. The molecule has 1 aromatic rings. The van der Waals surface area contributed by atoms with E-state index in [9.17, 15) is 0 Å². The summed E-state index contributed by atoms with van der Waals surface area (Å²) in [4.78, 5) is 0. The Labute approximate surface area is 74.8 Å². The van der Waals surface area contributed by atoms with Gasteiger partial charge in [0.15, 0.2) is 0 Å². The molecule has 0 aliphatic carbocycles. The van der Waals surface area contributed by atoms with Crippen molar-refractivity contribution in [2.24, 2.45) is 0 Å². The molecule has 12 heavy (non-hydrogen) atoms. The van der Waals surface area contributed by atoms with Crippen molar-refractivity contribution >= 4 is 5.69 Å². The normalized spacial score (nSPS) is 9.83. The number of hydrogen-bond acceptors (Lipinski definition) is 0. The van der Waals surface area contributed by atoms with Gasteiger partial charge in [0.25, 0.3) is 0 Å².